The van der Waals surface area contributed by atoms with E-state index in [4.69, 9.17) is 0 Å². The first kappa shape index (κ1) is 27.9. The van der Waals surface area contributed by atoms with Crippen molar-refractivity contribution < 1.29 is 22.4 Å². The van der Waals surface area contributed by atoms with Gasteiger partial charge in [-0.05, 0) is 62.2 Å². The molecule has 196 valence electrons. The number of hydrogen-bond donors (Lipinski definition) is 1. The van der Waals surface area contributed by atoms with Crippen molar-refractivity contribution in [1.29, 1.82) is 0 Å². The van der Waals surface area contributed by atoms with Crippen LogP contribution in [0.5, 0.6) is 0 Å². The second-order valence-corrected chi connectivity index (χ2v) is 10.6. The highest BCUT2D eigenvalue weighted by Gasteiger charge is 2.32. The molecule has 1 N–H and O–H groups in total. The molecule has 0 aliphatic rings. The first-order chi connectivity index (χ1) is 17.6. The zero-order chi connectivity index (χ0) is 27.0. The van der Waals surface area contributed by atoms with E-state index in [2.05, 4.69) is 5.32 Å². The largest absolute Gasteiger partial charge is 0.354 e. The van der Waals surface area contributed by atoms with Gasteiger partial charge in [-0.25, -0.2) is 12.8 Å². The number of benzene rings is 3. The predicted octanol–water partition coefficient (Wildman–Crippen LogP) is 4.27. The number of aryl methyl sites for hydroxylation is 1. The molecule has 37 heavy (non-hydrogen) atoms. The zero-order valence-corrected chi connectivity index (χ0v) is 22.0. The number of halogens is 1. The van der Waals surface area contributed by atoms with Crippen molar-refractivity contribution in [3.05, 3.63) is 95.8 Å². The third kappa shape index (κ3) is 7.16. The number of carbonyl (C=O) groups excluding carboxylic acids is 2. The van der Waals surface area contributed by atoms with Crippen molar-refractivity contribution in [3.8, 4) is 0 Å². The Kier molecular flexibility index (Phi) is 9.41. The number of nitrogens with zero attached hydrogens (tertiary/aromatic N) is 2. The molecule has 0 aliphatic heterocycles. The second-order valence-electron chi connectivity index (χ2n) is 8.78. The van der Waals surface area contributed by atoms with Crippen LogP contribution >= 0.6 is 0 Å². The van der Waals surface area contributed by atoms with E-state index in [0.717, 1.165) is 46.1 Å². The Labute approximate surface area is 218 Å². The lowest BCUT2D eigenvalue weighted by molar-refractivity contribution is -0.139. The average Bonchev–Trinajstić information content (AvgIpc) is 2.90. The summed E-state index contributed by atoms with van der Waals surface area (Å²) in [6, 6.07) is 19.4. The Hall–Kier alpha value is -3.72. The molecule has 3 aromatic rings. The highest BCUT2D eigenvalue weighted by atomic mass is 32.2. The summed E-state index contributed by atoms with van der Waals surface area (Å²) in [5.41, 5.74) is 2.14. The normalized spacial score (nSPS) is 12.0. The lowest BCUT2D eigenvalue weighted by Gasteiger charge is -2.32. The van der Waals surface area contributed by atoms with Crippen molar-refractivity contribution in [2.24, 2.45) is 0 Å². The van der Waals surface area contributed by atoms with Gasteiger partial charge in [0.2, 0.25) is 11.8 Å². The highest BCUT2D eigenvalue weighted by Crippen LogP contribution is 2.24. The standard InChI is InChI=1S/C28H32FN3O4S/c1-4-18-30-28(34)22(3)31(19-23-12-10-21(2)11-13-23)27(33)20-32(25-8-6-5-7-9-25)37(35,36)26-16-14-24(29)15-17-26/h5-17,22H,4,18-20H2,1-3H3,(H,30,34). The van der Waals surface area contributed by atoms with Crippen molar-refractivity contribution in [2.75, 3.05) is 17.4 Å². The summed E-state index contributed by atoms with van der Waals surface area (Å²) >= 11 is 0. The molecule has 0 fully saturated rings. The van der Waals surface area contributed by atoms with Crippen LogP contribution in [0.2, 0.25) is 0 Å². The molecule has 3 rings (SSSR count). The van der Waals surface area contributed by atoms with Crippen LogP contribution in [0.3, 0.4) is 0 Å². The highest BCUT2D eigenvalue weighted by molar-refractivity contribution is 7.92. The predicted molar refractivity (Wildman–Crippen MR) is 142 cm³/mol. The van der Waals surface area contributed by atoms with Gasteiger partial charge >= 0.3 is 0 Å². The molecule has 0 radical (unpaired) electrons. The Morgan fingerprint density at radius 3 is 2.16 bits per heavy atom. The molecular formula is C28H32FN3O4S. The van der Waals surface area contributed by atoms with Crippen LogP contribution in [-0.4, -0.2) is 44.3 Å². The molecule has 0 saturated carbocycles. The zero-order valence-electron chi connectivity index (χ0n) is 21.2. The van der Waals surface area contributed by atoms with Crippen LogP contribution in [-0.2, 0) is 26.2 Å². The van der Waals surface area contributed by atoms with Gasteiger partial charge in [-0.3, -0.25) is 13.9 Å². The van der Waals surface area contributed by atoms with Gasteiger partial charge in [0.1, 0.15) is 18.4 Å². The van der Waals surface area contributed by atoms with Gasteiger partial charge in [-0.1, -0.05) is 55.0 Å². The fourth-order valence-corrected chi connectivity index (χ4v) is 5.14. The quantitative estimate of drug-likeness (QED) is 0.405. The van der Waals surface area contributed by atoms with Crippen molar-refractivity contribution in [1.82, 2.24) is 10.2 Å². The summed E-state index contributed by atoms with van der Waals surface area (Å²) < 4.78 is 41.7. The number of rotatable bonds is 11. The van der Waals surface area contributed by atoms with E-state index in [1.54, 1.807) is 37.3 Å². The van der Waals surface area contributed by atoms with Crippen LogP contribution in [0.4, 0.5) is 10.1 Å². The summed E-state index contributed by atoms with van der Waals surface area (Å²) in [7, 11) is -4.22. The lowest BCUT2D eigenvalue weighted by atomic mass is 10.1. The lowest BCUT2D eigenvalue weighted by Crippen LogP contribution is -2.51. The Morgan fingerprint density at radius 1 is 0.946 bits per heavy atom. The van der Waals surface area contributed by atoms with Gasteiger partial charge in [-0.2, -0.15) is 0 Å². The van der Waals surface area contributed by atoms with Crippen molar-refractivity contribution in [3.63, 3.8) is 0 Å². The molecule has 7 nitrogen and oxygen atoms in total. The maximum Gasteiger partial charge on any atom is 0.264 e. The van der Waals surface area contributed by atoms with E-state index in [-0.39, 0.29) is 23.0 Å². The van der Waals surface area contributed by atoms with E-state index in [9.17, 15) is 22.4 Å². The van der Waals surface area contributed by atoms with Crippen LogP contribution in [0.25, 0.3) is 0 Å². The first-order valence-corrected chi connectivity index (χ1v) is 13.5. The molecule has 9 heteroatoms. The molecule has 1 unspecified atom stereocenters. The number of anilines is 1. The Bertz CT molecular complexity index is 1300. The summed E-state index contributed by atoms with van der Waals surface area (Å²) in [4.78, 5) is 27.8. The first-order valence-electron chi connectivity index (χ1n) is 12.1. The number of amides is 2. The van der Waals surface area contributed by atoms with E-state index >= 15 is 0 Å². The van der Waals surface area contributed by atoms with Crippen molar-refractivity contribution >= 4 is 27.5 Å². The molecule has 0 aromatic heterocycles. The fraction of sp³-hybridized carbons (Fsp3) is 0.286. The molecule has 1 atom stereocenters. The van der Waals surface area contributed by atoms with Crippen LogP contribution in [0.1, 0.15) is 31.4 Å². The SMILES string of the molecule is CCCNC(=O)C(C)N(Cc1ccc(C)cc1)C(=O)CN(c1ccccc1)S(=O)(=O)c1ccc(F)cc1. The van der Waals surface area contributed by atoms with Crippen molar-refractivity contribution in [2.45, 2.75) is 44.7 Å². The Morgan fingerprint density at radius 2 is 1.57 bits per heavy atom. The van der Waals surface area contributed by atoms with E-state index in [1.807, 2.05) is 38.1 Å². The number of carbonyl (C=O) groups is 2. The molecule has 0 saturated heterocycles. The maximum atomic E-state index is 13.7. The minimum Gasteiger partial charge on any atom is -0.354 e. The number of para-hydroxylation sites is 1. The van der Waals surface area contributed by atoms with E-state index in [0.29, 0.717) is 6.54 Å². The van der Waals surface area contributed by atoms with Crippen LogP contribution < -0.4 is 9.62 Å². The molecular weight excluding hydrogens is 493 g/mol. The van der Waals surface area contributed by atoms with Crippen LogP contribution in [0, 0.1) is 12.7 Å². The Balaban J connectivity index is 1.98. The molecule has 0 heterocycles. The molecule has 3 aromatic carbocycles. The smallest absolute Gasteiger partial charge is 0.264 e. The van der Waals surface area contributed by atoms with Gasteiger partial charge < -0.3 is 10.2 Å². The number of sulfonamides is 1. The van der Waals surface area contributed by atoms with Gasteiger partial charge in [0.15, 0.2) is 0 Å². The third-order valence-corrected chi connectivity index (χ3v) is 7.70. The minimum atomic E-state index is -4.22. The van der Waals surface area contributed by atoms with Gasteiger partial charge in [0.25, 0.3) is 10.0 Å². The van der Waals surface area contributed by atoms with Crippen LogP contribution in [0.15, 0.2) is 83.8 Å². The average molecular weight is 526 g/mol. The topological polar surface area (TPSA) is 86.8 Å². The minimum absolute atomic E-state index is 0.124. The third-order valence-electron chi connectivity index (χ3n) is 5.91. The summed E-state index contributed by atoms with van der Waals surface area (Å²) in [5.74, 6) is -1.44. The fourth-order valence-electron chi connectivity index (χ4n) is 3.73. The van der Waals surface area contributed by atoms with Gasteiger partial charge in [0.05, 0.1) is 10.6 Å². The molecule has 0 aliphatic carbocycles. The molecule has 2 amide bonds. The number of hydrogen-bond acceptors (Lipinski definition) is 4. The van der Waals surface area contributed by atoms with E-state index in [1.165, 1.54) is 4.90 Å². The maximum absolute atomic E-state index is 13.7. The monoisotopic (exact) mass is 525 g/mol. The summed E-state index contributed by atoms with van der Waals surface area (Å²) in [5, 5.41) is 2.81. The second kappa shape index (κ2) is 12.5. The van der Waals surface area contributed by atoms with Gasteiger partial charge in [-0.15, -0.1) is 0 Å². The molecule has 0 spiro atoms. The summed E-state index contributed by atoms with van der Waals surface area (Å²) in [6.07, 6.45) is 0.738. The van der Waals surface area contributed by atoms with E-state index < -0.39 is 34.3 Å². The number of nitrogens with one attached hydrogen (secondary N) is 1. The molecule has 0 bridgehead atoms. The van der Waals surface area contributed by atoms with Gasteiger partial charge in [0, 0.05) is 13.1 Å². The summed E-state index contributed by atoms with van der Waals surface area (Å²) in [6.45, 7) is 5.55.